The number of hydrogen-bond acceptors (Lipinski definition) is 40. The number of aliphatic carboxylic acids is 2. The Labute approximate surface area is 481 Å². The van der Waals surface area contributed by atoms with E-state index in [1.807, 2.05) is 0 Å². The first kappa shape index (κ1) is 74.1. The summed E-state index contributed by atoms with van der Waals surface area (Å²) in [6, 6.07) is -7.11. The average molecular weight is 1410 g/mol. The van der Waals surface area contributed by atoms with Crippen molar-refractivity contribution in [3.63, 3.8) is 0 Å². The molecule has 5 rings (SSSR count). The summed E-state index contributed by atoms with van der Waals surface area (Å²) in [5.74, 6) is -4.76. The molecule has 5 saturated heterocycles. The van der Waals surface area contributed by atoms with Gasteiger partial charge >= 0.3 is 84.7 Å². The third kappa shape index (κ3) is 20.7. The van der Waals surface area contributed by atoms with Gasteiger partial charge in [0.2, 0.25) is 0 Å². The van der Waals surface area contributed by atoms with Crippen molar-refractivity contribution >= 4 is 84.7 Å². The minimum atomic E-state index is -6.12. The van der Waals surface area contributed by atoms with E-state index in [2.05, 4.69) is 29.3 Å². The summed E-state index contributed by atoms with van der Waals surface area (Å²) in [4.78, 5) is 25.7. The Morgan fingerprint density at radius 2 is 0.686 bits per heavy atom. The smallest absolute Gasteiger partial charge is 0.397 e. The van der Waals surface area contributed by atoms with E-state index < -0.39 is 258 Å². The molecule has 0 aromatic heterocycles. The van der Waals surface area contributed by atoms with E-state index >= 15 is 0 Å². The highest BCUT2D eigenvalue weighted by molar-refractivity contribution is 7.82. The number of carbonyl (C=O) groups is 2. The van der Waals surface area contributed by atoms with Crippen molar-refractivity contribution in [2.24, 2.45) is 17.2 Å². The van der Waals surface area contributed by atoms with Crippen LogP contribution in [0.25, 0.3) is 0 Å². The van der Waals surface area contributed by atoms with Crippen molar-refractivity contribution in [1.29, 1.82) is 0 Å². The predicted molar refractivity (Wildman–Crippen MR) is 246 cm³/mol. The molecule has 56 heteroatoms. The molecule has 20 N–H and O–H groups in total. The van der Waals surface area contributed by atoms with Gasteiger partial charge in [0.05, 0.1) is 37.9 Å². The molecule has 0 saturated carbocycles. The number of ether oxygens (including phenoxy) is 9. The Hall–Kier alpha value is -2.65. The van der Waals surface area contributed by atoms with Crippen LogP contribution in [0.15, 0.2) is 0 Å². The lowest BCUT2D eigenvalue weighted by atomic mass is 9.94. The molecule has 0 unspecified atom stereocenters. The third-order valence-corrected chi connectivity index (χ3v) is 15.1. The van der Waals surface area contributed by atoms with Crippen LogP contribution in [0, 0.1) is 0 Å². The van der Waals surface area contributed by atoms with E-state index in [1.54, 1.807) is 0 Å². The summed E-state index contributed by atoms with van der Waals surface area (Å²) in [7, 11) is -40.7. The molecule has 0 bridgehead atoms. The maximum absolute atomic E-state index is 12.9. The number of aliphatic hydroxyl groups excluding tert-OH is 5. The molecule has 5 aliphatic rings. The summed E-state index contributed by atoms with van der Waals surface area (Å²) >= 11 is 0. The van der Waals surface area contributed by atoms with Crippen LogP contribution in [0.4, 0.5) is 0 Å². The van der Waals surface area contributed by atoms with Crippen molar-refractivity contribution in [1.82, 2.24) is 0 Å². The standard InChI is InChI=1S/C30H51N3O46S7/c31-7-11(35)10(34)4(1-64-80(43,44)45)68-27(7)73-21-19(78-85(58,59)60)13(37)29(74-23(21)25(40)41)70-15-6(3-66-82(49,50)51)69-28(9(33)17(15)77-84(55,56)57)72-18-12(36)20(79-86(61,62)63)30(75-22(18)24(38)39)71-14-5(2-65-81(46,47)48)67-26(42)8(32)16(14)76-83(52,53)54/h4-23,26-30,34-37,42H,1-3,31-33H2,(H,38,39)(H,40,41)(H,43,44,45)(H,46,47,48)(H,49,50,51)(H,52,53,54)(H,55,56,57)(H,58,59,60)(H,61,62,63)/t4-,5-,6-,7-,8-,9-,10-,11-,12+,13-,14-,15-,16-,17-,18+,19-,20-,21+,22-,23+,26+,27-,28-,29-,30-/m1/s1. The fourth-order valence-corrected chi connectivity index (χ4v) is 11.4. The van der Waals surface area contributed by atoms with Gasteiger partial charge in [0.15, 0.2) is 49.8 Å². The third-order valence-electron chi connectivity index (χ3n) is 11.9. The van der Waals surface area contributed by atoms with E-state index in [9.17, 15) is 127 Å². The van der Waals surface area contributed by atoms with Crippen LogP contribution in [-0.4, -0.2) is 312 Å². The molecule has 49 nitrogen and oxygen atoms in total. The first-order valence-electron chi connectivity index (χ1n) is 22.4. The molecule has 0 aliphatic carbocycles. The van der Waals surface area contributed by atoms with E-state index in [1.165, 1.54) is 0 Å². The molecule has 5 heterocycles. The van der Waals surface area contributed by atoms with Crippen LogP contribution in [0.1, 0.15) is 0 Å². The molecule has 5 fully saturated rings. The van der Waals surface area contributed by atoms with Gasteiger partial charge in [-0.2, -0.15) is 58.9 Å². The molecule has 5 aliphatic heterocycles. The minimum absolute atomic E-state index is 1.38. The topological polar surface area (TPSA) is 782 Å². The zero-order chi connectivity index (χ0) is 65.5. The Morgan fingerprint density at radius 3 is 1.14 bits per heavy atom. The van der Waals surface area contributed by atoms with E-state index in [0.29, 0.717) is 0 Å². The summed E-state index contributed by atoms with van der Waals surface area (Å²) in [5, 5.41) is 75.1. The molecule has 504 valence electrons. The van der Waals surface area contributed by atoms with Gasteiger partial charge in [-0.15, -0.1) is 0 Å². The highest BCUT2D eigenvalue weighted by Gasteiger charge is 2.61. The second kappa shape index (κ2) is 28.1. The molecule has 25 atom stereocenters. The highest BCUT2D eigenvalue weighted by atomic mass is 32.3. The van der Waals surface area contributed by atoms with Gasteiger partial charge in [-0.25, -0.2) is 38.9 Å². The molecule has 0 aromatic carbocycles. The Kier molecular flexibility index (Phi) is 24.2. The van der Waals surface area contributed by atoms with Crippen LogP contribution < -0.4 is 17.2 Å². The lowest BCUT2D eigenvalue weighted by Gasteiger charge is -2.50. The van der Waals surface area contributed by atoms with Crippen molar-refractivity contribution in [2.45, 2.75) is 153 Å². The number of carboxylic acid groups (broad SMARTS) is 2. The maximum Gasteiger partial charge on any atom is 0.397 e. The molecule has 0 aromatic rings. The van der Waals surface area contributed by atoms with Crippen LogP contribution >= 0.6 is 0 Å². The molecule has 0 amide bonds. The first-order valence-corrected chi connectivity index (χ1v) is 32.0. The molecule has 0 spiro atoms. The van der Waals surface area contributed by atoms with Gasteiger partial charge in [0.1, 0.15) is 85.5 Å². The lowest BCUT2D eigenvalue weighted by Crippen LogP contribution is -2.70. The zero-order valence-corrected chi connectivity index (χ0v) is 47.2. The second-order valence-corrected chi connectivity index (χ2v) is 25.3. The Bertz CT molecular complexity index is 3200. The number of hydrogen-bond donors (Lipinski definition) is 17. The van der Waals surface area contributed by atoms with Crippen molar-refractivity contribution in [3.05, 3.63) is 0 Å². The largest absolute Gasteiger partial charge is 0.479 e. The van der Waals surface area contributed by atoms with Crippen molar-refractivity contribution < 1.29 is 208 Å². The molecular weight excluding hydrogens is 1360 g/mol. The van der Waals surface area contributed by atoms with Gasteiger partial charge < -0.3 is 95.6 Å². The van der Waals surface area contributed by atoms with Crippen molar-refractivity contribution in [2.75, 3.05) is 19.8 Å². The van der Waals surface area contributed by atoms with Gasteiger partial charge in [-0.3, -0.25) is 31.9 Å². The van der Waals surface area contributed by atoms with Gasteiger partial charge in [-0.05, 0) is 0 Å². The minimum Gasteiger partial charge on any atom is -0.479 e. The van der Waals surface area contributed by atoms with E-state index in [4.69, 9.17) is 68.9 Å². The zero-order valence-electron chi connectivity index (χ0n) is 41.5. The van der Waals surface area contributed by atoms with E-state index in [-0.39, 0.29) is 0 Å². The van der Waals surface area contributed by atoms with Gasteiger partial charge in [0.25, 0.3) is 0 Å². The fourth-order valence-electron chi connectivity index (χ4n) is 8.46. The average Bonchev–Trinajstić information content (AvgIpc) is 1.11. The van der Waals surface area contributed by atoms with Crippen LogP contribution in [-0.2, 0) is 154 Å². The van der Waals surface area contributed by atoms with E-state index in [0.717, 1.165) is 0 Å². The van der Waals surface area contributed by atoms with Crippen LogP contribution in [0.3, 0.4) is 0 Å². The molecule has 86 heavy (non-hydrogen) atoms. The summed E-state index contributed by atoms with van der Waals surface area (Å²) in [5.41, 5.74) is 17.7. The monoisotopic (exact) mass is 1410 g/mol. The Balaban J connectivity index is 1.56. The quantitative estimate of drug-likeness (QED) is 0.0340. The van der Waals surface area contributed by atoms with Crippen molar-refractivity contribution in [3.8, 4) is 0 Å². The summed E-state index contributed by atoms with van der Waals surface area (Å²) in [6.07, 6.45) is -60.8. The maximum atomic E-state index is 12.9. The SMILES string of the molecule is N[C@@H]1[C@@H](OS(=O)(=O)O)[C@H](O[C@@H]2O[C@@H](C(=O)O)[C@@H](O[C@H]3O[C@H](COS(=O)(=O)O)[C@@H](O[C@@H]4O[C@H](C(=O)O)[C@@H](O[C@H]5O[C@H](COS(=O)(=O)O)[C@@H](O)[C@H](O)[C@H]5N)[C@H](OS(=O)(=O)O)[C@H]4O)[C@H](OS(=O)(=O)O)[C@H]3N)[C@H](O)[C@H]2OS(=O)(=O)O)[C@@H](COS(=O)(=O)O)O[C@@H]1O. The van der Waals surface area contributed by atoms with Crippen LogP contribution in [0.2, 0.25) is 0 Å². The second-order valence-electron chi connectivity index (χ2n) is 17.9. The molecular formula is C30H51N3O46S7. The number of aliphatic hydroxyl groups is 5. The number of nitrogens with two attached hydrogens (primary N) is 3. The summed E-state index contributed by atoms with van der Waals surface area (Å²) in [6.45, 7) is -4.84. The number of rotatable bonds is 27. The van der Waals surface area contributed by atoms with Gasteiger partial charge in [0, 0.05) is 0 Å². The Morgan fingerprint density at radius 1 is 0.337 bits per heavy atom. The predicted octanol–water partition coefficient (Wildman–Crippen LogP) is -13.1. The lowest BCUT2D eigenvalue weighted by molar-refractivity contribution is -0.370. The summed E-state index contributed by atoms with van der Waals surface area (Å²) < 4.78 is 311. The number of carboxylic acids is 2. The van der Waals surface area contributed by atoms with Crippen LogP contribution in [0.5, 0.6) is 0 Å². The molecule has 0 radical (unpaired) electrons. The highest BCUT2D eigenvalue weighted by Crippen LogP contribution is 2.38. The first-order chi connectivity index (χ1) is 38.9. The fraction of sp³-hybridized carbons (Fsp3) is 0.933. The normalized spacial score (nSPS) is 40.0. The van der Waals surface area contributed by atoms with Gasteiger partial charge in [-0.1, -0.05) is 0 Å².